The van der Waals surface area contributed by atoms with Crippen LogP contribution in [0.25, 0.3) is 0 Å². The highest BCUT2D eigenvalue weighted by atomic mass is 16.3. The second kappa shape index (κ2) is 5.50. The van der Waals surface area contributed by atoms with Crippen molar-refractivity contribution in [3.05, 3.63) is 35.9 Å². The molecule has 0 atom stereocenters. The summed E-state index contributed by atoms with van der Waals surface area (Å²) in [5.74, 6) is 0.607. The SMILES string of the molecule is Cn1cnc(CCNCc2ccc(O)c(O)c2)n1. The van der Waals surface area contributed by atoms with Crippen molar-refractivity contribution in [1.82, 2.24) is 20.1 Å². The standard InChI is InChI=1S/C12H16N4O2/c1-16-8-14-12(15-16)4-5-13-7-9-2-3-10(17)11(18)6-9/h2-3,6,8,13,17-18H,4-5,7H2,1H3. The summed E-state index contributed by atoms with van der Waals surface area (Å²) in [6.45, 7) is 1.38. The Morgan fingerprint density at radius 3 is 2.78 bits per heavy atom. The second-order valence-electron chi connectivity index (χ2n) is 4.08. The van der Waals surface area contributed by atoms with Crippen LogP contribution in [0.1, 0.15) is 11.4 Å². The fraction of sp³-hybridized carbons (Fsp3) is 0.333. The number of aryl methyl sites for hydroxylation is 1. The molecule has 1 aromatic carbocycles. The Morgan fingerprint density at radius 1 is 1.28 bits per heavy atom. The van der Waals surface area contributed by atoms with Gasteiger partial charge in [0.15, 0.2) is 17.3 Å². The highest BCUT2D eigenvalue weighted by Gasteiger charge is 2.01. The van der Waals surface area contributed by atoms with Gasteiger partial charge in [0, 0.05) is 26.6 Å². The third-order valence-electron chi connectivity index (χ3n) is 2.54. The minimum atomic E-state index is -0.101. The van der Waals surface area contributed by atoms with Crippen molar-refractivity contribution >= 4 is 0 Å². The van der Waals surface area contributed by atoms with Gasteiger partial charge < -0.3 is 15.5 Å². The molecular weight excluding hydrogens is 232 g/mol. The first-order valence-electron chi connectivity index (χ1n) is 5.71. The van der Waals surface area contributed by atoms with E-state index in [0.717, 1.165) is 24.4 Å². The molecule has 0 spiro atoms. The Balaban J connectivity index is 1.76. The number of aromatic hydroxyl groups is 2. The zero-order chi connectivity index (χ0) is 13.0. The van der Waals surface area contributed by atoms with Crippen molar-refractivity contribution in [2.24, 2.45) is 7.05 Å². The van der Waals surface area contributed by atoms with Gasteiger partial charge in [0.25, 0.3) is 0 Å². The van der Waals surface area contributed by atoms with Crippen LogP contribution in [0.2, 0.25) is 0 Å². The maximum atomic E-state index is 9.34. The van der Waals surface area contributed by atoms with Gasteiger partial charge in [0.2, 0.25) is 0 Å². The number of benzene rings is 1. The van der Waals surface area contributed by atoms with Crippen LogP contribution >= 0.6 is 0 Å². The highest BCUT2D eigenvalue weighted by molar-refractivity contribution is 5.40. The number of aromatic nitrogens is 3. The Labute approximate surface area is 105 Å². The third-order valence-corrected chi connectivity index (χ3v) is 2.54. The Kier molecular flexibility index (Phi) is 3.78. The van der Waals surface area contributed by atoms with Crippen LogP contribution in [0.15, 0.2) is 24.5 Å². The first-order valence-corrected chi connectivity index (χ1v) is 5.71. The van der Waals surface area contributed by atoms with Gasteiger partial charge in [-0.15, -0.1) is 0 Å². The van der Waals surface area contributed by atoms with Crippen LogP contribution < -0.4 is 5.32 Å². The van der Waals surface area contributed by atoms with E-state index in [1.54, 1.807) is 23.1 Å². The molecule has 0 unspecified atom stereocenters. The zero-order valence-electron chi connectivity index (χ0n) is 10.2. The van der Waals surface area contributed by atoms with Gasteiger partial charge in [-0.2, -0.15) is 5.10 Å². The summed E-state index contributed by atoms with van der Waals surface area (Å²) < 4.78 is 1.67. The summed E-state index contributed by atoms with van der Waals surface area (Å²) in [5.41, 5.74) is 0.916. The molecule has 2 aromatic rings. The van der Waals surface area contributed by atoms with E-state index >= 15 is 0 Å². The predicted octanol–water partition coefficient (Wildman–Crippen LogP) is 0.559. The molecule has 2 rings (SSSR count). The first kappa shape index (κ1) is 12.4. The quantitative estimate of drug-likeness (QED) is 0.532. The smallest absolute Gasteiger partial charge is 0.157 e. The lowest BCUT2D eigenvalue weighted by Gasteiger charge is -2.05. The molecule has 0 amide bonds. The van der Waals surface area contributed by atoms with Gasteiger partial charge in [0.05, 0.1) is 0 Å². The number of rotatable bonds is 5. The van der Waals surface area contributed by atoms with E-state index in [1.807, 2.05) is 7.05 Å². The molecule has 1 aromatic heterocycles. The van der Waals surface area contributed by atoms with Gasteiger partial charge in [-0.1, -0.05) is 6.07 Å². The molecule has 0 aliphatic heterocycles. The van der Waals surface area contributed by atoms with E-state index in [4.69, 9.17) is 0 Å². The van der Waals surface area contributed by atoms with E-state index in [-0.39, 0.29) is 11.5 Å². The van der Waals surface area contributed by atoms with Crippen LogP contribution in [0.3, 0.4) is 0 Å². The molecule has 18 heavy (non-hydrogen) atoms. The molecule has 0 saturated carbocycles. The number of phenols is 2. The van der Waals surface area contributed by atoms with Gasteiger partial charge in [-0.25, -0.2) is 4.98 Å². The lowest BCUT2D eigenvalue weighted by molar-refractivity contribution is 0.403. The molecule has 0 aliphatic carbocycles. The Hall–Kier alpha value is -2.08. The normalized spacial score (nSPS) is 10.7. The van der Waals surface area contributed by atoms with Crippen LogP contribution in [0, 0.1) is 0 Å². The molecule has 1 heterocycles. The molecule has 6 nitrogen and oxygen atoms in total. The second-order valence-corrected chi connectivity index (χ2v) is 4.08. The third kappa shape index (κ3) is 3.21. The molecule has 0 bridgehead atoms. The van der Waals surface area contributed by atoms with E-state index < -0.39 is 0 Å². The fourth-order valence-electron chi connectivity index (χ4n) is 1.61. The van der Waals surface area contributed by atoms with Crippen molar-refractivity contribution in [1.29, 1.82) is 0 Å². The minimum absolute atomic E-state index is 0.0966. The maximum absolute atomic E-state index is 9.34. The van der Waals surface area contributed by atoms with Gasteiger partial charge in [-0.05, 0) is 17.7 Å². The largest absolute Gasteiger partial charge is 0.504 e. The summed E-state index contributed by atoms with van der Waals surface area (Å²) in [6, 6.07) is 4.79. The van der Waals surface area contributed by atoms with Crippen molar-refractivity contribution in [2.75, 3.05) is 6.54 Å². The molecule has 3 N–H and O–H groups in total. The molecule has 0 fully saturated rings. The Morgan fingerprint density at radius 2 is 2.11 bits per heavy atom. The predicted molar refractivity (Wildman–Crippen MR) is 66.2 cm³/mol. The average Bonchev–Trinajstić information content (AvgIpc) is 2.75. The monoisotopic (exact) mass is 248 g/mol. The molecule has 96 valence electrons. The lowest BCUT2D eigenvalue weighted by Crippen LogP contribution is -2.17. The average molecular weight is 248 g/mol. The number of nitrogens with zero attached hydrogens (tertiary/aromatic N) is 3. The first-order chi connectivity index (χ1) is 8.65. The highest BCUT2D eigenvalue weighted by Crippen LogP contribution is 2.24. The fourth-order valence-corrected chi connectivity index (χ4v) is 1.61. The van der Waals surface area contributed by atoms with Crippen molar-refractivity contribution < 1.29 is 10.2 Å². The van der Waals surface area contributed by atoms with E-state index in [9.17, 15) is 10.2 Å². The Bertz CT molecular complexity index is 525. The number of hydrogen-bond donors (Lipinski definition) is 3. The summed E-state index contributed by atoms with van der Waals surface area (Å²) in [7, 11) is 1.84. The summed E-state index contributed by atoms with van der Waals surface area (Å²) >= 11 is 0. The van der Waals surface area contributed by atoms with Crippen molar-refractivity contribution in [2.45, 2.75) is 13.0 Å². The number of nitrogens with one attached hydrogen (secondary N) is 1. The number of phenolic OH excluding ortho intramolecular Hbond substituents is 2. The van der Waals surface area contributed by atoms with Gasteiger partial charge in [0.1, 0.15) is 6.33 Å². The summed E-state index contributed by atoms with van der Waals surface area (Å²) in [6.07, 6.45) is 2.43. The molecule has 0 saturated heterocycles. The molecule has 0 radical (unpaired) electrons. The molecule has 0 aliphatic rings. The van der Waals surface area contributed by atoms with Crippen LogP contribution in [-0.4, -0.2) is 31.5 Å². The molecule has 6 heteroatoms. The van der Waals surface area contributed by atoms with E-state index in [1.165, 1.54) is 6.07 Å². The topological polar surface area (TPSA) is 83.2 Å². The van der Waals surface area contributed by atoms with Gasteiger partial charge >= 0.3 is 0 Å². The van der Waals surface area contributed by atoms with Crippen molar-refractivity contribution in [3.8, 4) is 11.5 Å². The summed E-state index contributed by atoms with van der Waals surface area (Å²) in [4.78, 5) is 4.12. The summed E-state index contributed by atoms with van der Waals surface area (Å²) in [5, 5.41) is 25.9. The van der Waals surface area contributed by atoms with Crippen LogP contribution in [-0.2, 0) is 20.0 Å². The maximum Gasteiger partial charge on any atom is 0.157 e. The zero-order valence-corrected chi connectivity index (χ0v) is 10.2. The lowest BCUT2D eigenvalue weighted by atomic mass is 10.2. The van der Waals surface area contributed by atoms with E-state index in [2.05, 4.69) is 15.4 Å². The van der Waals surface area contributed by atoms with Crippen molar-refractivity contribution in [3.63, 3.8) is 0 Å². The van der Waals surface area contributed by atoms with E-state index in [0.29, 0.717) is 6.54 Å². The molecular formula is C12H16N4O2. The van der Waals surface area contributed by atoms with Crippen LogP contribution in [0.4, 0.5) is 0 Å². The van der Waals surface area contributed by atoms with Crippen LogP contribution in [0.5, 0.6) is 11.5 Å². The van der Waals surface area contributed by atoms with Gasteiger partial charge in [-0.3, -0.25) is 4.68 Å². The minimum Gasteiger partial charge on any atom is -0.504 e. The number of hydrogen-bond acceptors (Lipinski definition) is 5.